The average Bonchev–Trinajstić information content (AvgIpc) is 3.15. The van der Waals surface area contributed by atoms with Gasteiger partial charge in [0.2, 0.25) is 5.91 Å². The van der Waals surface area contributed by atoms with Gasteiger partial charge in [0, 0.05) is 0 Å². The van der Waals surface area contributed by atoms with Gasteiger partial charge >= 0.3 is 0 Å². The standard InChI is InChI=1S/C21H19N5O3/c1-14-7-3-5-9-17(14)26-20-15(11-23-26)21(28)25(13-22-20)12-19(27)24-16-8-4-6-10-18(16)29-2/h3-11,13H,12H2,1-2H3,(H,24,27). The van der Waals surface area contributed by atoms with Crippen LogP contribution in [-0.2, 0) is 11.3 Å². The van der Waals surface area contributed by atoms with Gasteiger partial charge in [0.05, 0.1) is 24.7 Å². The van der Waals surface area contributed by atoms with Crippen LogP contribution in [0.1, 0.15) is 5.56 Å². The van der Waals surface area contributed by atoms with Crippen molar-refractivity contribution in [3.63, 3.8) is 0 Å². The zero-order valence-electron chi connectivity index (χ0n) is 16.0. The van der Waals surface area contributed by atoms with Crippen LogP contribution in [0.25, 0.3) is 16.7 Å². The quantitative estimate of drug-likeness (QED) is 0.566. The molecule has 146 valence electrons. The van der Waals surface area contributed by atoms with Crippen molar-refractivity contribution in [1.29, 1.82) is 0 Å². The predicted octanol–water partition coefficient (Wildman–Crippen LogP) is 2.54. The highest BCUT2D eigenvalue weighted by Crippen LogP contribution is 2.23. The molecule has 8 heteroatoms. The van der Waals surface area contributed by atoms with Crippen LogP contribution < -0.4 is 15.6 Å². The first kappa shape index (κ1) is 18.4. The summed E-state index contributed by atoms with van der Waals surface area (Å²) in [4.78, 5) is 29.6. The number of fused-ring (bicyclic) bond motifs is 1. The minimum absolute atomic E-state index is 0.171. The van der Waals surface area contributed by atoms with E-state index in [9.17, 15) is 9.59 Å². The molecule has 1 N–H and O–H groups in total. The molecular weight excluding hydrogens is 370 g/mol. The highest BCUT2D eigenvalue weighted by Gasteiger charge is 2.14. The lowest BCUT2D eigenvalue weighted by atomic mass is 10.2. The Bertz CT molecular complexity index is 1260. The molecule has 2 aromatic heterocycles. The van der Waals surface area contributed by atoms with Gasteiger partial charge in [-0.15, -0.1) is 0 Å². The van der Waals surface area contributed by atoms with E-state index < -0.39 is 0 Å². The molecule has 0 atom stereocenters. The van der Waals surface area contributed by atoms with E-state index in [0.717, 1.165) is 11.3 Å². The number of nitrogens with one attached hydrogen (secondary N) is 1. The summed E-state index contributed by atoms with van der Waals surface area (Å²) in [5, 5.41) is 7.42. The Labute approximate surface area is 166 Å². The summed E-state index contributed by atoms with van der Waals surface area (Å²) < 4.78 is 8.12. The van der Waals surface area contributed by atoms with Crippen LogP contribution in [0.3, 0.4) is 0 Å². The summed E-state index contributed by atoms with van der Waals surface area (Å²) in [5.41, 5.74) is 2.52. The number of nitrogens with zero attached hydrogens (tertiary/aromatic N) is 4. The van der Waals surface area contributed by atoms with Crippen LogP contribution in [0, 0.1) is 6.92 Å². The molecule has 4 aromatic rings. The third-order valence-electron chi connectivity index (χ3n) is 4.59. The van der Waals surface area contributed by atoms with Crippen LogP contribution in [0.2, 0.25) is 0 Å². The van der Waals surface area contributed by atoms with Crippen LogP contribution in [0.15, 0.2) is 65.8 Å². The number of benzene rings is 2. The molecule has 29 heavy (non-hydrogen) atoms. The van der Waals surface area contributed by atoms with Gasteiger partial charge in [-0.3, -0.25) is 14.2 Å². The van der Waals surface area contributed by atoms with Gasteiger partial charge in [0.15, 0.2) is 5.65 Å². The third kappa shape index (κ3) is 3.47. The zero-order valence-corrected chi connectivity index (χ0v) is 16.0. The fraction of sp³-hybridized carbons (Fsp3) is 0.143. The molecule has 0 spiro atoms. The predicted molar refractivity (Wildman–Crippen MR) is 109 cm³/mol. The number of hydrogen-bond acceptors (Lipinski definition) is 5. The summed E-state index contributed by atoms with van der Waals surface area (Å²) in [6, 6.07) is 14.8. The average molecular weight is 389 g/mol. The molecule has 0 saturated carbocycles. The van der Waals surface area contributed by atoms with Crippen molar-refractivity contribution in [2.24, 2.45) is 0 Å². The monoisotopic (exact) mass is 389 g/mol. The number of aryl methyl sites for hydroxylation is 1. The van der Waals surface area contributed by atoms with Crippen molar-refractivity contribution in [2.45, 2.75) is 13.5 Å². The van der Waals surface area contributed by atoms with Crippen molar-refractivity contribution in [3.8, 4) is 11.4 Å². The van der Waals surface area contributed by atoms with Crippen molar-refractivity contribution in [3.05, 3.63) is 77.0 Å². The number of hydrogen-bond donors (Lipinski definition) is 1. The first-order valence-corrected chi connectivity index (χ1v) is 9.00. The normalized spacial score (nSPS) is 10.8. The second-order valence-electron chi connectivity index (χ2n) is 6.51. The summed E-state index contributed by atoms with van der Waals surface area (Å²) >= 11 is 0. The van der Waals surface area contributed by atoms with E-state index in [1.807, 2.05) is 37.3 Å². The Morgan fingerprint density at radius 2 is 1.90 bits per heavy atom. The zero-order chi connectivity index (χ0) is 20.4. The maximum Gasteiger partial charge on any atom is 0.264 e. The molecular formula is C21H19N5O3. The molecule has 0 bridgehead atoms. The molecule has 1 amide bonds. The summed E-state index contributed by atoms with van der Waals surface area (Å²) in [7, 11) is 1.53. The number of rotatable bonds is 5. The first-order valence-electron chi connectivity index (χ1n) is 9.00. The van der Waals surface area contributed by atoms with E-state index >= 15 is 0 Å². The molecule has 0 aliphatic carbocycles. The lowest BCUT2D eigenvalue weighted by Crippen LogP contribution is -2.28. The number of para-hydroxylation sites is 3. The summed E-state index contributed by atoms with van der Waals surface area (Å²) in [5.74, 6) is 0.185. The molecule has 0 unspecified atom stereocenters. The second-order valence-corrected chi connectivity index (χ2v) is 6.51. The highest BCUT2D eigenvalue weighted by molar-refractivity contribution is 5.92. The van der Waals surface area contributed by atoms with Crippen LogP contribution in [0.5, 0.6) is 5.75 Å². The largest absolute Gasteiger partial charge is 0.495 e. The fourth-order valence-corrected chi connectivity index (χ4v) is 3.13. The fourth-order valence-electron chi connectivity index (χ4n) is 3.13. The van der Waals surface area contributed by atoms with E-state index in [2.05, 4.69) is 15.4 Å². The number of carbonyl (C=O) groups is 1. The first-order chi connectivity index (χ1) is 14.1. The van der Waals surface area contributed by atoms with Crippen molar-refractivity contribution >= 4 is 22.6 Å². The molecule has 0 radical (unpaired) electrons. The van der Waals surface area contributed by atoms with Crippen molar-refractivity contribution in [1.82, 2.24) is 19.3 Å². The second kappa shape index (κ2) is 7.59. The summed E-state index contributed by atoms with van der Waals surface area (Å²) in [6.45, 7) is 1.79. The lowest BCUT2D eigenvalue weighted by Gasteiger charge is -2.11. The number of amides is 1. The minimum Gasteiger partial charge on any atom is -0.495 e. The van der Waals surface area contributed by atoms with Gasteiger partial charge in [-0.05, 0) is 30.7 Å². The number of carbonyl (C=O) groups excluding carboxylic acids is 1. The van der Waals surface area contributed by atoms with Gasteiger partial charge in [-0.1, -0.05) is 30.3 Å². The number of methoxy groups -OCH3 is 1. The lowest BCUT2D eigenvalue weighted by molar-refractivity contribution is -0.116. The Morgan fingerprint density at radius 3 is 2.69 bits per heavy atom. The molecule has 2 aromatic carbocycles. The molecule has 0 saturated heterocycles. The third-order valence-corrected chi connectivity index (χ3v) is 4.59. The van der Waals surface area contributed by atoms with Gasteiger partial charge in [0.25, 0.3) is 5.56 Å². The van der Waals surface area contributed by atoms with Crippen molar-refractivity contribution in [2.75, 3.05) is 12.4 Å². The summed E-state index contributed by atoms with van der Waals surface area (Å²) in [6.07, 6.45) is 2.84. The van der Waals surface area contributed by atoms with E-state index in [4.69, 9.17) is 4.74 Å². The van der Waals surface area contributed by atoms with E-state index in [1.54, 1.807) is 22.9 Å². The molecule has 2 heterocycles. The van der Waals surface area contributed by atoms with Gasteiger partial charge < -0.3 is 10.1 Å². The number of anilines is 1. The smallest absolute Gasteiger partial charge is 0.264 e. The minimum atomic E-state index is -0.357. The number of ether oxygens (including phenoxy) is 1. The van der Waals surface area contributed by atoms with Gasteiger partial charge in [0.1, 0.15) is 24.0 Å². The Balaban J connectivity index is 1.63. The molecule has 4 rings (SSSR count). The molecule has 0 aliphatic rings. The van der Waals surface area contributed by atoms with Crippen LogP contribution >= 0.6 is 0 Å². The number of aromatic nitrogens is 4. The molecule has 8 nitrogen and oxygen atoms in total. The van der Waals surface area contributed by atoms with Crippen LogP contribution in [-0.4, -0.2) is 32.3 Å². The van der Waals surface area contributed by atoms with Gasteiger partial charge in [-0.2, -0.15) is 5.10 Å². The Kier molecular flexibility index (Phi) is 4.82. The Morgan fingerprint density at radius 1 is 1.14 bits per heavy atom. The SMILES string of the molecule is COc1ccccc1NC(=O)Cn1cnc2c(cnn2-c2ccccc2C)c1=O. The van der Waals surface area contributed by atoms with E-state index in [-0.39, 0.29) is 18.0 Å². The van der Waals surface area contributed by atoms with Crippen LogP contribution in [0.4, 0.5) is 5.69 Å². The van der Waals surface area contributed by atoms with Gasteiger partial charge in [-0.25, -0.2) is 9.67 Å². The molecule has 0 fully saturated rings. The maximum atomic E-state index is 12.8. The Hall–Kier alpha value is -3.94. The maximum absolute atomic E-state index is 12.8. The highest BCUT2D eigenvalue weighted by atomic mass is 16.5. The van der Waals surface area contributed by atoms with Crippen molar-refractivity contribution < 1.29 is 9.53 Å². The van der Waals surface area contributed by atoms with E-state index in [0.29, 0.717) is 22.5 Å². The van der Waals surface area contributed by atoms with E-state index in [1.165, 1.54) is 24.2 Å². The topological polar surface area (TPSA) is 91.0 Å². The molecule has 0 aliphatic heterocycles.